The van der Waals surface area contributed by atoms with Crippen LogP contribution in [0.3, 0.4) is 0 Å². The third kappa shape index (κ3) is 3.19. The van der Waals surface area contributed by atoms with Gasteiger partial charge in [0.05, 0.1) is 5.75 Å². The number of amides is 1. The van der Waals surface area contributed by atoms with Crippen molar-refractivity contribution in [2.24, 2.45) is 7.05 Å². The average molecular weight is 379 g/mol. The van der Waals surface area contributed by atoms with Crippen molar-refractivity contribution in [2.75, 3.05) is 16.4 Å². The van der Waals surface area contributed by atoms with Gasteiger partial charge in [0.2, 0.25) is 5.91 Å². The van der Waals surface area contributed by atoms with Crippen LogP contribution < -0.4 is 10.6 Å². The number of para-hydroxylation sites is 2. The maximum atomic E-state index is 12.9. The molecule has 2 N–H and O–H groups in total. The molecule has 6 nitrogen and oxygen atoms in total. The maximum Gasteiger partial charge on any atom is 0.237 e. The van der Waals surface area contributed by atoms with Crippen LogP contribution in [0.5, 0.6) is 0 Å². The van der Waals surface area contributed by atoms with E-state index in [4.69, 9.17) is 5.73 Å². The number of rotatable bonds is 4. The summed E-state index contributed by atoms with van der Waals surface area (Å²) in [6.45, 7) is 2.08. The van der Waals surface area contributed by atoms with Crippen molar-refractivity contribution in [3.63, 3.8) is 0 Å². The standard InChI is InChI=1S/C20H21N5OS/c1-13-11-14-7-3-6-10-17(14)25(13)18(26)12-27-20-23-22-19(24(20)2)15-8-4-5-9-16(15)21/h3-10,13H,11-12,21H2,1-2H3/t13-/m0/s1. The van der Waals surface area contributed by atoms with Crippen LogP contribution >= 0.6 is 11.8 Å². The summed E-state index contributed by atoms with van der Waals surface area (Å²) in [5.74, 6) is 1.10. The van der Waals surface area contributed by atoms with E-state index in [0.717, 1.165) is 17.7 Å². The summed E-state index contributed by atoms with van der Waals surface area (Å²) >= 11 is 1.40. The van der Waals surface area contributed by atoms with E-state index in [-0.39, 0.29) is 11.9 Å². The number of hydrogen-bond acceptors (Lipinski definition) is 5. The number of anilines is 2. The molecule has 0 bridgehead atoms. The fourth-order valence-corrected chi connectivity index (χ4v) is 4.29. The second-order valence-corrected chi connectivity index (χ2v) is 7.63. The molecule has 0 radical (unpaired) electrons. The molecule has 4 rings (SSSR count). The normalized spacial score (nSPS) is 15.8. The molecule has 27 heavy (non-hydrogen) atoms. The monoisotopic (exact) mass is 379 g/mol. The first-order chi connectivity index (χ1) is 13.1. The van der Waals surface area contributed by atoms with Crippen LogP contribution in [0, 0.1) is 0 Å². The molecule has 1 aromatic heterocycles. The zero-order valence-corrected chi connectivity index (χ0v) is 16.1. The van der Waals surface area contributed by atoms with E-state index in [0.29, 0.717) is 22.4 Å². The number of thioether (sulfide) groups is 1. The first-order valence-electron chi connectivity index (χ1n) is 8.83. The van der Waals surface area contributed by atoms with Gasteiger partial charge in [-0.2, -0.15) is 0 Å². The fraction of sp³-hybridized carbons (Fsp3) is 0.250. The van der Waals surface area contributed by atoms with E-state index < -0.39 is 0 Å². The highest BCUT2D eigenvalue weighted by Crippen LogP contribution is 2.33. The number of benzene rings is 2. The number of hydrogen-bond donors (Lipinski definition) is 1. The van der Waals surface area contributed by atoms with Gasteiger partial charge in [0.1, 0.15) is 0 Å². The molecule has 1 atom stereocenters. The Hall–Kier alpha value is -2.80. The van der Waals surface area contributed by atoms with Crippen LogP contribution in [-0.4, -0.2) is 32.5 Å². The van der Waals surface area contributed by atoms with Gasteiger partial charge in [0.15, 0.2) is 11.0 Å². The van der Waals surface area contributed by atoms with Crippen LogP contribution in [0.4, 0.5) is 11.4 Å². The number of nitrogens with zero attached hydrogens (tertiary/aromatic N) is 4. The van der Waals surface area contributed by atoms with E-state index in [1.807, 2.05) is 59.0 Å². The van der Waals surface area contributed by atoms with Crippen molar-refractivity contribution >= 4 is 29.0 Å². The fourth-order valence-electron chi connectivity index (χ4n) is 3.52. The number of aromatic nitrogens is 3. The summed E-state index contributed by atoms with van der Waals surface area (Å²) in [5.41, 5.74) is 9.79. The molecular formula is C20H21N5OS. The summed E-state index contributed by atoms with van der Waals surface area (Å²) in [5, 5.41) is 9.20. The summed E-state index contributed by atoms with van der Waals surface area (Å²) in [7, 11) is 1.89. The van der Waals surface area contributed by atoms with Crippen molar-refractivity contribution in [1.29, 1.82) is 0 Å². The van der Waals surface area contributed by atoms with Crippen LogP contribution in [0.25, 0.3) is 11.4 Å². The zero-order chi connectivity index (χ0) is 19.0. The van der Waals surface area contributed by atoms with E-state index in [1.165, 1.54) is 17.3 Å². The molecule has 0 aliphatic carbocycles. The first kappa shape index (κ1) is 17.6. The minimum absolute atomic E-state index is 0.0845. The molecule has 0 saturated heterocycles. The molecule has 2 heterocycles. The highest BCUT2D eigenvalue weighted by molar-refractivity contribution is 7.99. The van der Waals surface area contributed by atoms with E-state index >= 15 is 0 Å². The molecule has 3 aromatic rings. The predicted octanol–water partition coefficient (Wildman–Crippen LogP) is 3.13. The molecule has 0 saturated carbocycles. The smallest absolute Gasteiger partial charge is 0.237 e. The van der Waals surface area contributed by atoms with E-state index in [1.54, 1.807) is 0 Å². The average Bonchev–Trinajstić information content (AvgIpc) is 3.19. The molecule has 1 aliphatic rings. The van der Waals surface area contributed by atoms with Gasteiger partial charge in [-0.1, -0.05) is 42.1 Å². The highest BCUT2D eigenvalue weighted by Gasteiger charge is 2.30. The lowest BCUT2D eigenvalue weighted by Crippen LogP contribution is -2.37. The molecule has 7 heteroatoms. The number of nitrogen functional groups attached to an aromatic ring is 1. The highest BCUT2D eigenvalue weighted by atomic mass is 32.2. The van der Waals surface area contributed by atoms with Crippen LogP contribution in [0.2, 0.25) is 0 Å². The van der Waals surface area contributed by atoms with Gasteiger partial charge in [0, 0.05) is 30.0 Å². The lowest BCUT2D eigenvalue weighted by Gasteiger charge is -2.22. The Morgan fingerprint density at radius 3 is 2.74 bits per heavy atom. The molecule has 0 unspecified atom stereocenters. The van der Waals surface area contributed by atoms with Crippen LogP contribution in [0.15, 0.2) is 53.7 Å². The van der Waals surface area contributed by atoms with Gasteiger partial charge in [-0.05, 0) is 37.1 Å². The van der Waals surface area contributed by atoms with Gasteiger partial charge in [-0.15, -0.1) is 10.2 Å². The van der Waals surface area contributed by atoms with Gasteiger partial charge >= 0.3 is 0 Å². The van der Waals surface area contributed by atoms with Gasteiger partial charge < -0.3 is 15.2 Å². The van der Waals surface area contributed by atoms with Gasteiger partial charge in [0.25, 0.3) is 0 Å². The number of nitrogens with two attached hydrogens (primary N) is 1. The van der Waals surface area contributed by atoms with Crippen LogP contribution in [0.1, 0.15) is 12.5 Å². The van der Waals surface area contributed by atoms with Gasteiger partial charge in [-0.3, -0.25) is 4.79 Å². The lowest BCUT2D eigenvalue weighted by atomic mass is 10.1. The zero-order valence-electron chi connectivity index (χ0n) is 15.3. The molecule has 1 aliphatic heterocycles. The van der Waals surface area contributed by atoms with Crippen molar-refractivity contribution in [3.05, 3.63) is 54.1 Å². The molecule has 138 valence electrons. The number of carbonyl (C=O) groups excluding carboxylic acids is 1. The van der Waals surface area contributed by atoms with E-state index in [2.05, 4.69) is 23.2 Å². The summed E-state index contributed by atoms with van der Waals surface area (Å²) in [6, 6.07) is 15.8. The van der Waals surface area contributed by atoms with Crippen molar-refractivity contribution in [3.8, 4) is 11.4 Å². The van der Waals surface area contributed by atoms with E-state index in [9.17, 15) is 4.79 Å². The Morgan fingerprint density at radius 2 is 1.93 bits per heavy atom. The lowest BCUT2D eigenvalue weighted by molar-refractivity contribution is -0.116. The second kappa shape index (κ2) is 7.08. The predicted molar refractivity (Wildman–Crippen MR) is 109 cm³/mol. The molecule has 2 aromatic carbocycles. The molecule has 1 amide bonds. The quantitative estimate of drug-likeness (QED) is 0.557. The third-order valence-corrected chi connectivity index (χ3v) is 5.84. The van der Waals surface area contributed by atoms with Crippen molar-refractivity contribution < 1.29 is 4.79 Å². The molecule has 0 fully saturated rings. The summed E-state index contributed by atoms with van der Waals surface area (Å²) in [6.07, 6.45) is 0.897. The van der Waals surface area contributed by atoms with Crippen LogP contribution in [-0.2, 0) is 18.3 Å². The Balaban J connectivity index is 1.50. The molecule has 0 spiro atoms. The topological polar surface area (TPSA) is 77.0 Å². The van der Waals surface area contributed by atoms with Crippen molar-refractivity contribution in [2.45, 2.75) is 24.5 Å². The summed E-state index contributed by atoms with van der Waals surface area (Å²) in [4.78, 5) is 14.8. The third-order valence-electron chi connectivity index (χ3n) is 4.84. The first-order valence-corrected chi connectivity index (χ1v) is 9.82. The minimum atomic E-state index is 0.0845. The Labute approximate surface area is 162 Å². The Kier molecular flexibility index (Phi) is 4.61. The molecular weight excluding hydrogens is 358 g/mol. The number of carbonyl (C=O) groups is 1. The Bertz CT molecular complexity index is 1000. The summed E-state index contributed by atoms with van der Waals surface area (Å²) < 4.78 is 1.88. The van der Waals surface area contributed by atoms with Gasteiger partial charge in [-0.25, -0.2) is 0 Å². The Morgan fingerprint density at radius 1 is 1.19 bits per heavy atom. The largest absolute Gasteiger partial charge is 0.398 e. The number of fused-ring (bicyclic) bond motifs is 1. The SMILES string of the molecule is C[C@H]1Cc2ccccc2N1C(=O)CSc1nnc(-c2ccccc2N)n1C. The van der Waals surface area contributed by atoms with Crippen molar-refractivity contribution in [1.82, 2.24) is 14.8 Å². The maximum absolute atomic E-state index is 12.9. The minimum Gasteiger partial charge on any atom is -0.398 e. The second-order valence-electron chi connectivity index (χ2n) is 6.69.